The number of rotatable bonds is 9. The van der Waals surface area contributed by atoms with Gasteiger partial charge in [-0.05, 0) is 25.1 Å². The number of nitrogen functional groups attached to an aromatic ring is 1. The van der Waals surface area contributed by atoms with Crippen LogP contribution in [0.2, 0.25) is 0 Å². The molecule has 112 valence electrons. The highest BCUT2D eigenvalue weighted by Crippen LogP contribution is 2.26. The number of ether oxygens (including phenoxy) is 3. The summed E-state index contributed by atoms with van der Waals surface area (Å²) in [4.78, 5) is 11.8. The fourth-order valence-corrected chi connectivity index (χ4v) is 1.57. The molecule has 0 spiro atoms. The Morgan fingerprint density at radius 1 is 1.25 bits per heavy atom. The quantitative estimate of drug-likeness (QED) is 0.531. The summed E-state index contributed by atoms with van der Waals surface area (Å²) in [5, 5.41) is 2.75. The predicted molar refractivity (Wildman–Crippen MR) is 78.0 cm³/mol. The first-order valence-corrected chi connectivity index (χ1v) is 6.56. The van der Waals surface area contributed by atoms with Gasteiger partial charge in [0.25, 0.3) is 0 Å². The van der Waals surface area contributed by atoms with Crippen LogP contribution in [0.4, 0.5) is 11.4 Å². The standard InChI is InChI=1S/C14H22N2O4/c1-3-19-8-9-20-7-6-14(17)16-12-10-11(15)4-5-13(12)18-2/h4-5,10H,3,6-9,15H2,1-2H3,(H,16,17). The van der Waals surface area contributed by atoms with Gasteiger partial charge in [-0.25, -0.2) is 0 Å². The van der Waals surface area contributed by atoms with E-state index in [1.165, 1.54) is 7.11 Å². The van der Waals surface area contributed by atoms with E-state index in [1.54, 1.807) is 18.2 Å². The number of hydrogen-bond acceptors (Lipinski definition) is 5. The number of amides is 1. The molecule has 1 amide bonds. The van der Waals surface area contributed by atoms with Crippen LogP contribution < -0.4 is 15.8 Å². The highest BCUT2D eigenvalue weighted by atomic mass is 16.5. The zero-order chi connectivity index (χ0) is 14.8. The molecule has 6 nitrogen and oxygen atoms in total. The van der Waals surface area contributed by atoms with Gasteiger partial charge in [0.15, 0.2) is 0 Å². The van der Waals surface area contributed by atoms with Gasteiger partial charge in [-0.1, -0.05) is 0 Å². The largest absolute Gasteiger partial charge is 0.495 e. The van der Waals surface area contributed by atoms with Gasteiger partial charge in [-0.15, -0.1) is 0 Å². The van der Waals surface area contributed by atoms with Gasteiger partial charge in [0.05, 0.1) is 39.0 Å². The maximum absolute atomic E-state index is 11.8. The van der Waals surface area contributed by atoms with Crippen LogP contribution in [0.15, 0.2) is 18.2 Å². The monoisotopic (exact) mass is 282 g/mol. The molecule has 0 bridgehead atoms. The van der Waals surface area contributed by atoms with Crippen molar-refractivity contribution in [1.29, 1.82) is 0 Å². The number of anilines is 2. The Morgan fingerprint density at radius 2 is 2.00 bits per heavy atom. The van der Waals surface area contributed by atoms with Crippen LogP contribution in [0.5, 0.6) is 5.75 Å². The molecule has 0 saturated carbocycles. The average Bonchev–Trinajstić information content (AvgIpc) is 2.43. The van der Waals surface area contributed by atoms with E-state index in [0.717, 1.165) is 0 Å². The third-order valence-corrected chi connectivity index (χ3v) is 2.55. The number of nitrogens with one attached hydrogen (secondary N) is 1. The normalized spacial score (nSPS) is 10.3. The maximum atomic E-state index is 11.8. The first-order valence-electron chi connectivity index (χ1n) is 6.56. The molecule has 0 atom stereocenters. The van der Waals surface area contributed by atoms with Crippen molar-refractivity contribution >= 4 is 17.3 Å². The van der Waals surface area contributed by atoms with Crippen molar-refractivity contribution in [2.75, 3.05) is 44.6 Å². The van der Waals surface area contributed by atoms with Crippen LogP contribution in [0, 0.1) is 0 Å². The number of carbonyl (C=O) groups is 1. The molecule has 1 aromatic carbocycles. The van der Waals surface area contributed by atoms with Gasteiger partial charge in [0.2, 0.25) is 5.91 Å². The number of methoxy groups -OCH3 is 1. The van der Waals surface area contributed by atoms with E-state index >= 15 is 0 Å². The molecule has 0 aliphatic heterocycles. The molecule has 1 aromatic rings. The summed E-state index contributed by atoms with van der Waals surface area (Å²) >= 11 is 0. The number of benzene rings is 1. The van der Waals surface area contributed by atoms with E-state index in [0.29, 0.717) is 43.6 Å². The van der Waals surface area contributed by atoms with Crippen molar-refractivity contribution in [2.45, 2.75) is 13.3 Å². The Balaban J connectivity index is 2.33. The topological polar surface area (TPSA) is 82.8 Å². The van der Waals surface area contributed by atoms with E-state index in [1.807, 2.05) is 6.92 Å². The first kappa shape index (κ1) is 16.3. The third kappa shape index (κ3) is 5.90. The van der Waals surface area contributed by atoms with E-state index in [4.69, 9.17) is 19.9 Å². The lowest BCUT2D eigenvalue weighted by atomic mass is 10.2. The second-order valence-corrected chi connectivity index (χ2v) is 4.07. The van der Waals surface area contributed by atoms with Crippen LogP contribution in [-0.4, -0.2) is 39.4 Å². The van der Waals surface area contributed by atoms with Crippen LogP contribution in [-0.2, 0) is 14.3 Å². The SMILES string of the molecule is CCOCCOCCC(=O)Nc1cc(N)ccc1OC. The molecule has 0 aliphatic carbocycles. The molecule has 3 N–H and O–H groups in total. The van der Waals surface area contributed by atoms with Gasteiger partial charge in [-0.2, -0.15) is 0 Å². The first-order chi connectivity index (χ1) is 9.67. The minimum atomic E-state index is -0.148. The maximum Gasteiger partial charge on any atom is 0.226 e. The van der Waals surface area contributed by atoms with Gasteiger partial charge >= 0.3 is 0 Å². The molecule has 6 heteroatoms. The van der Waals surface area contributed by atoms with Crippen molar-refractivity contribution in [3.05, 3.63) is 18.2 Å². The number of carbonyl (C=O) groups excluding carboxylic acids is 1. The minimum absolute atomic E-state index is 0.148. The minimum Gasteiger partial charge on any atom is -0.495 e. The molecular weight excluding hydrogens is 260 g/mol. The zero-order valence-electron chi connectivity index (χ0n) is 12.0. The fraction of sp³-hybridized carbons (Fsp3) is 0.500. The van der Waals surface area contributed by atoms with Crippen molar-refractivity contribution in [2.24, 2.45) is 0 Å². The number of nitrogens with two attached hydrogens (primary N) is 1. The molecule has 20 heavy (non-hydrogen) atoms. The van der Waals surface area contributed by atoms with Crippen molar-refractivity contribution in [3.8, 4) is 5.75 Å². The molecule has 0 unspecified atom stereocenters. The predicted octanol–water partition coefficient (Wildman–Crippen LogP) is 1.66. The summed E-state index contributed by atoms with van der Waals surface area (Å²) in [5.41, 5.74) is 6.81. The Labute approximate surface area is 119 Å². The molecule has 1 rings (SSSR count). The molecule has 0 radical (unpaired) electrons. The lowest BCUT2D eigenvalue weighted by Gasteiger charge is -2.11. The molecule has 0 heterocycles. The molecule has 0 aliphatic rings. The van der Waals surface area contributed by atoms with Gasteiger partial charge in [-0.3, -0.25) is 4.79 Å². The summed E-state index contributed by atoms with van der Waals surface area (Å²) in [6, 6.07) is 5.08. The molecule has 0 fully saturated rings. The molecule has 0 saturated heterocycles. The Morgan fingerprint density at radius 3 is 2.70 bits per heavy atom. The van der Waals surface area contributed by atoms with Gasteiger partial charge in [0.1, 0.15) is 5.75 Å². The Kier molecular flexibility index (Phi) is 7.46. The lowest BCUT2D eigenvalue weighted by molar-refractivity contribution is -0.117. The lowest BCUT2D eigenvalue weighted by Crippen LogP contribution is -2.16. The van der Waals surface area contributed by atoms with Crippen LogP contribution in [0.25, 0.3) is 0 Å². The van der Waals surface area contributed by atoms with Crippen LogP contribution >= 0.6 is 0 Å². The summed E-state index contributed by atoms with van der Waals surface area (Å²) < 4.78 is 15.6. The summed E-state index contributed by atoms with van der Waals surface area (Å²) in [7, 11) is 1.54. The highest BCUT2D eigenvalue weighted by Gasteiger charge is 2.07. The fourth-order valence-electron chi connectivity index (χ4n) is 1.57. The van der Waals surface area contributed by atoms with Crippen LogP contribution in [0.3, 0.4) is 0 Å². The summed E-state index contributed by atoms with van der Waals surface area (Å²) in [6.07, 6.45) is 0.268. The molecule has 0 aromatic heterocycles. The smallest absolute Gasteiger partial charge is 0.226 e. The molecular formula is C14H22N2O4. The Hall–Kier alpha value is -1.79. The van der Waals surface area contributed by atoms with E-state index < -0.39 is 0 Å². The van der Waals surface area contributed by atoms with Crippen molar-refractivity contribution in [1.82, 2.24) is 0 Å². The second-order valence-electron chi connectivity index (χ2n) is 4.07. The second kappa shape index (κ2) is 9.17. The van der Waals surface area contributed by atoms with Crippen LogP contribution in [0.1, 0.15) is 13.3 Å². The number of hydrogen-bond donors (Lipinski definition) is 2. The highest BCUT2D eigenvalue weighted by molar-refractivity contribution is 5.92. The van der Waals surface area contributed by atoms with E-state index in [2.05, 4.69) is 5.32 Å². The van der Waals surface area contributed by atoms with E-state index in [9.17, 15) is 4.79 Å². The van der Waals surface area contributed by atoms with Crippen molar-refractivity contribution in [3.63, 3.8) is 0 Å². The summed E-state index contributed by atoms with van der Waals surface area (Å²) in [6.45, 7) is 3.97. The van der Waals surface area contributed by atoms with Gasteiger partial charge < -0.3 is 25.3 Å². The summed E-state index contributed by atoms with van der Waals surface area (Å²) in [5.74, 6) is 0.426. The van der Waals surface area contributed by atoms with E-state index in [-0.39, 0.29) is 12.3 Å². The zero-order valence-corrected chi connectivity index (χ0v) is 12.0. The average molecular weight is 282 g/mol. The van der Waals surface area contributed by atoms with Gasteiger partial charge in [0, 0.05) is 12.3 Å². The Bertz CT molecular complexity index is 424. The van der Waals surface area contributed by atoms with Crippen molar-refractivity contribution < 1.29 is 19.0 Å². The third-order valence-electron chi connectivity index (χ3n) is 2.55.